The van der Waals surface area contributed by atoms with Gasteiger partial charge in [-0.25, -0.2) is 0 Å². The fraction of sp³-hybridized carbons (Fsp3) is 0.600. The Hall–Kier alpha value is -1.02. The highest BCUT2D eigenvalue weighted by Gasteiger charge is 2.46. The van der Waals surface area contributed by atoms with Crippen LogP contribution in [0.15, 0.2) is 24.3 Å². The van der Waals surface area contributed by atoms with Gasteiger partial charge in [0.25, 0.3) is 0 Å². The number of benzene rings is 1. The Morgan fingerprint density at radius 2 is 1.82 bits per heavy atom. The molecule has 1 aliphatic heterocycles. The van der Waals surface area contributed by atoms with Crippen molar-refractivity contribution in [2.45, 2.75) is 38.6 Å². The molecule has 1 saturated heterocycles. The quantitative estimate of drug-likeness (QED) is 0.790. The molecule has 1 heterocycles. The maximum atomic E-state index is 6.06. The molecule has 0 bridgehead atoms. The topological polar surface area (TPSA) is 29.3 Å². The minimum Gasteiger partial charge on any atom is -0.398 e. The van der Waals surface area contributed by atoms with Gasteiger partial charge in [-0.2, -0.15) is 0 Å². The van der Waals surface area contributed by atoms with Crippen LogP contribution in [0.3, 0.4) is 0 Å². The third kappa shape index (κ3) is 1.85. The standard InChI is InChI=1S/C15H22N2/c1-12(13-6-2-3-7-14(13)16)17-10-15(11-17)8-4-5-9-15/h2-3,6-7,12H,4-5,8-11,16H2,1H3. The van der Waals surface area contributed by atoms with Crippen LogP contribution in [0.1, 0.15) is 44.2 Å². The van der Waals surface area contributed by atoms with Gasteiger partial charge in [-0.05, 0) is 36.8 Å². The van der Waals surface area contributed by atoms with Gasteiger partial charge in [0, 0.05) is 24.8 Å². The first-order valence-corrected chi connectivity index (χ1v) is 6.79. The van der Waals surface area contributed by atoms with Crippen LogP contribution < -0.4 is 5.73 Å². The van der Waals surface area contributed by atoms with Gasteiger partial charge < -0.3 is 5.73 Å². The summed E-state index contributed by atoms with van der Waals surface area (Å²) in [5.74, 6) is 0. The Balaban J connectivity index is 1.69. The SMILES string of the molecule is CC(c1ccccc1N)N1CC2(CCCC2)C1. The lowest BCUT2D eigenvalue weighted by Gasteiger charge is -2.51. The van der Waals surface area contributed by atoms with E-state index in [2.05, 4.69) is 24.0 Å². The third-order valence-corrected chi connectivity index (χ3v) is 4.74. The fourth-order valence-corrected chi connectivity index (χ4v) is 3.62. The van der Waals surface area contributed by atoms with Gasteiger partial charge in [0.15, 0.2) is 0 Å². The predicted octanol–water partition coefficient (Wildman–Crippen LogP) is 3.21. The number of likely N-dealkylation sites (tertiary alicyclic amines) is 1. The van der Waals surface area contributed by atoms with E-state index in [9.17, 15) is 0 Å². The van der Waals surface area contributed by atoms with Gasteiger partial charge >= 0.3 is 0 Å². The zero-order valence-electron chi connectivity index (χ0n) is 10.7. The Labute approximate surface area is 104 Å². The van der Waals surface area contributed by atoms with Crippen molar-refractivity contribution in [3.8, 4) is 0 Å². The number of nitrogen functional groups attached to an aromatic ring is 1. The highest BCUT2D eigenvalue weighted by molar-refractivity contribution is 5.48. The number of hydrogen-bond acceptors (Lipinski definition) is 2. The van der Waals surface area contributed by atoms with Crippen molar-refractivity contribution in [3.05, 3.63) is 29.8 Å². The van der Waals surface area contributed by atoms with E-state index in [1.807, 2.05) is 12.1 Å². The first-order chi connectivity index (χ1) is 8.20. The number of rotatable bonds is 2. The van der Waals surface area contributed by atoms with Gasteiger partial charge in [0.1, 0.15) is 0 Å². The first kappa shape index (κ1) is 11.1. The highest BCUT2D eigenvalue weighted by atomic mass is 15.2. The van der Waals surface area contributed by atoms with Crippen LogP contribution in [0.2, 0.25) is 0 Å². The number of anilines is 1. The Kier molecular flexibility index (Phi) is 2.62. The smallest absolute Gasteiger partial charge is 0.0362 e. The molecule has 1 aliphatic carbocycles. The molecule has 2 nitrogen and oxygen atoms in total. The van der Waals surface area contributed by atoms with Gasteiger partial charge in [-0.1, -0.05) is 31.0 Å². The molecule has 1 aromatic rings. The fourth-order valence-electron chi connectivity index (χ4n) is 3.62. The zero-order valence-corrected chi connectivity index (χ0v) is 10.7. The number of nitrogens with two attached hydrogens (primary N) is 1. The summed E-state index contributed by atoms with van der Waals surface area (Å²) in [6, 6.07) is 8.76. The van der Waals surface area contributed by atoms with Crippen LogP contribution >= 0.6 is 0 Å². The molecule has 2 aliphatic rings. The van der Waals surface area contributed by atoms with Crippen molar-refractivity contribution in [3.63, 3.8) is 0 Å². The van der Waals surface area contributed by atoms with Gasteiger partial charge in [0.05, 0.1) is 0 Å². The minimum atomic E-state index is 0.474. The molecular formula is C15H22N2. The summed E-state index contributed by atoms with van der Waals surface area (Å²) in [6.45, 7) is 4.85. The molecule has 1 atom stereocenters. The molecule has 0 amide bonds. The van der Waals surface area contributed by atoms with E-state index >= 15 is 0 Å². The van der Waals surface area contributed by atoms with E-state index in [1.165, 1.54) is 44.3 Å². The summed E-state index contributed by atoms with van der Waals surface area (Å²) in [4.78, 5) is 2.58. The Morgan fingerprint density at radius 1 is 1.18 bits per heavy atom. The van der Waals surface area contributed by atoms with E-state index in [0.717, 1.165) is 5.69 Å². The summed E-state index contributed by atoms with van der Waals surface area (Å²) in [7, 11) is 0. The molecule has 1 saturated carbocycles. The van der Waals surface area contributed by atoms with Crippen LogP contribution in [0, 0.1) is 5.41 Å². The Morgan fingerprint density at radius 3 is 2.47 bits per heavy atom. The van der Waals surface area contributed by atoms with Crippen molar-refractivity contribution >= 4 is 5.69 Å². The zero-order chi connectivity index (χ0) is 11.9. The van der Waals surface area contributed by atoms with Crippen LogP contribution in [0.4, 0.5) is 5.69 Å². The van der Waals surface area contributed by atoms with Crippen LogP contribution in [0.25, 0.3) is 0 Å². The van der Waals surface area contributed by atoms with E-state index in [0.29, 0.717) is 11.5 Å². The second-order valence-corrected chi connectivity index (χ2v) is 5.92. The van der Waals surface area contributed by atoms with Crippen molar-refractivity contribution in [1.29, 1.82) is 0 Å². The van der Waals surface area contributed by atoms with Crippen molar-refractivity contribution in [2.24, 2.45) is 5.41 Å². The summed E-state index contributed by atoms with van der Waals surface area (Å²) < 4.78 is 0. The number of hydrogen-bond donors (Lipinski definition) is 1. The van der Waals surface area contributed by atoms with Crippen LogP contribution in [-0.2, 0) is 0 Å². The second kappa shape index (κ2) is 4.02. The minimum absolute atomic E-state index is 0.474. The van der Waals surface area contributed by atoms with Crippen molar-refractivity contribution in [2.75, 3.05) is 18.8 Å². The average molecular weight is 230 g/mol. The van der Waals surface area contributed by atoms with Gasteiger partial charge in [-0.3, -0.25) is 4.90 Å². The molecule has 17 heavy (non-hydrogen) atoms. The monoisotopic (exact) mass is 230 g/mol. The lowest BCUT2D eigenvalue weighted by molar-refractivity contribution is -0.0225. The second-order valence-electron chi connectivity index (χ2n) is 5.92. The molecule has 1 aromatic carbocycles. The molecule has 0 aromatic heterocycles. The molecule has 1 spiro atoms. The molecular weight excluding hydrogens is 208 g/mol. The van der Waals surface area contributed by atoms with Gasteiger partial charge in [-0.15, -0.1) is 0 Å². The molecule has 92 valence electrons. The van der Waals surface area contributed by atoms with E-state index < -0.39 is 0 Å². The van der Waals surface area contributed by atoms with E-state index in [1.54, 1.807) is 0 Å². The maximum absolute atomic E-state index is 6.06. The molecule has 2 N–H and O–H groups in total. The highest BCUT2D eigenvalue weighted by Crippen LogP contribution is 2.48. The molecule has 2 fully saturated rings. The lowest BCUT2D eigenvalue weighted by atomic mass is 9.77. The maximum Gasteiger partial charge on any atom is 0.0362 e. The summed E-state index contributed by atoms with van der Waals surface area (Å²) >= 11 is 0. The lowest BCUT2D eigenvalue weighted by Crippen LogP contribution is -2.55. The summed E-state index contributed by atoms with van der Waals surface area (Å²) in [5, 5.41) is 0. The molecule has 0 radical (unpaired) electrons. The van der Waals surface area contributed by atoms with Crippen LogP contribution in [-0.4, -0.2) is 18.0 Å². The predicted molar refractivity (Wildman–Crippen MR) is 71.7 cm³/mol. The van der Waals surface area contributed by atoms with Gasteiger partial charge in [0.2, 0.25) is 0 Å². The summed E-state index contributed by atoms with van der Waals surface area (Å²) in [5.41, 5.74) is 8.96. The number of nitrogens with zero attached hydrogens (tertiary/aromatic N) is 1. The first-order valence-electron chi connectivity index (χ1n) is 6.79. The largest absolute Gasteiger partial charge is 0.398 e. The van der Waals surface area contributed by atoms with E-state index in [-0.39, 0.29) is 0 Å². The average Bonchev–Trinajstić information content (AvgIpc) is 2.76. The third-order valence-electron chi connectivity index (χ3n) is 4.74. The number of para-hydroxylation sites is 1. The molecule has 3 rings (SSSR count). The molecule has 2 heteroatoms. The van der Waals surface area contributed by atoms with Crippen LogP contribution in [0.5, 0.6) is 0 Å². The Bertz CT molecular complexity index is 399. The van der Waals surface area contributed by atoms with E-state index in [4.69, 9.17) is 5.73 Å². The molecule has 1 unspecified atom stereocenters. The summed E-state index contributed by atoms with van der Waals surface area (Å²) in [6.07, 6.45) is 5.77. The van der Waals surface area contributed by atoms with Crippen molar-refractivity contribution < 1.29 is 0 Å². The normalized spacial score (nSPS) is 24.8. The van der Waals surface area contributed by atoms with Crippen molar-refractivity contribution in [1.82, 2.24) is 4.90 Å².